The molecular formula is C12H8F2N2O4S. The van der Waals surface area contributed by atoms with E-state index in [2.05, 4.69) is 14.5 Å². The number of aliphatic carboxylic acids is 1. The summed E-state index contributed by atoms with van der Waals surface area (Å²) in [5.74, 6) is -1.26. The zero-order valence-electron chi connectivity index (χ0n) is 10.3. The highest BCUT2D eigenvalue weighted by Crippen LogP contribution is 2.42. The van der Waals surface area contributed by atoms with Gasteiger partial charge in [-0.1, -0.05) is 11.8 Å². The first-order chi connectivity index (χ1) is 9.94. The van der Waals surface area contributed by atoms with E-state index in [4.69, 9.17) is 5.11 Å². The number of carbonyl (C=O) groups is 1. The highest BCUT2D eigenvalue weighted by atomic mass is 32.2. The molecule has 2 aromatic rings. The zero-order valence-corrected chi connectivity index (χ0v) is 11.1. The average molecular weight is 314 g/mol. The first-order valence-electron chi connectivity index (χ1n) is 5.73. The van der Waals surface area contributed by atoms with E-state index in [1.165, 1.54) is 18.3 Å². The predicted molar refractivity (Wildman–Crippen MR) is 68.1 cm³/mol. The molecule has 0 radical (unpaired) electrons. The Hall–Kier alpha value is -2.29. The summed E-state index contributed by atoms with van der Waals surface area (Å²) in [5.41, 5.74) is 0.514. The van der Waals surface area contributed by atoms with Crippen LogP contribution in [0.1, 0.15) is 0 Å². The molecule has 0 unspecified atom stereocenters. The molecule has 0 saturated carbocycles. The van der Waals surface area contributed by atoms with Gasteiger partial charge in [-0.25, -0.2) is 4.98 Å². The molecule has 3 rings (SSSR count). The highest BCUT2D eigenvalue weighted by Gasteiger charge is 2.43. The van der Waals surface area contributed by atoms with Gasteiger partial charge in [-0.15, -0.1) is 8.78 Å². The Kier molecular flexibility index (Phi) is 3.20. The molecule has 21 heavy (non-hydrogen) atoms. The number of hydrogen-bond acceptors (Lipinski definition) is 5. The highest BCUT2D eigenvalue weighted by molar-refractivity contribution is 7.99. The Labute approximate surface area is 121 Å². The fraction of sp³-hybridized carbons (Fsp3) is 0.167. The molecule has 6 nitrogen and oxygen atoms in total. The van der Waals surface area contributed by atoms with Gasteiger partial charge < -0.3 is 14.6 Å². The first-order valence-corrected chi connectivity index (χ1v) is 6.71. The summed E-state index contributed by atoms with van der Waals surface area (Å²) in [4.78, 5) is 14.6. The fourth-order valence-corrected chi connectivity index (χ4v) is 2.50. The number of aromatic nitrogens is 2. The summed E-state index contributed by atoms with van der Waals surface area (Å²) in [7, 11) is 0. The van der Waals surface area contributed by atoms with Crippen molar-refractivity contribution in [2.75, 3.05) is 5.75 Å². The zero-order chi connectivity index (χ0) is 15.0. The molecule has 1 aromatic heterocycles. The van der Waals surface area contributed by atoms with Crippen molar-refractivity contribution in [2.24, 2.45) is 0 Å². The quantitative estimate of drug-likeness (QED) is 0.873. The molecule has 1 aromatic carbocycles. The lowest BCUT2D eigenvalue weighted by Crippen LogP contribution is -2.25. The average Bonchev–Trinajstić information content (AvgIpc) is 2.96. The second kappa shape index (κ2) is 4.92. The minimum Gasteiger partial charge on any atom is -0.481 e. The maximum absolute atomic E-state index is 13.0. The van der Waals surface area contributed by atoms with Crippen molar-refractivity contribution >= 4 is 17.7 Å². The van der Waals surface area contributed by atoms with Gasteiger partial charge in [0.05, 0.1) is 11.4 Å². The third kappa shape index (κ3) is 2.77. The number of halogens is 2. The summed E-state index contributed by atoms with van der Waals surface area (Å²) in [6.07, 6.45) is -0.583. The number of hydrogen-bond donors (Lipinski definition) is 1. The summed E-state index contributed by atoms with van der Waals surface area (Å²) >= 11 is 1.02. The molecular weight excluding hydrogens is 306 g/mol. The van der Waals surface area contributed by atoms with Crippen LogP contribution in [0.5, 0.6) is 11.5 Å². The molecule has 1 aliphatic heterocycles. The molecule has 0 atom stereocenters. The van der Waals surface area contributed by atoms with E-state index in [9.17, 15) is 13.6 Å². The Balaban J connectivity index is 1.89. The molecule has 0 bridgehead atoms. The van der Waals surface area contributed by atoms with E-state index < -0.39 is 12.3 Å². The number of fused-ring (bicyclic) bond motifs is 1. The standard InChI is InChI=1S/C12H8F2N2O4S/c13-12(14)19-8-2-1-7(5-9(8)20-12)16-4-3-15-11(16)21-6-10(17)18/h1-5H,6H2,(H,17,18). The SMILES string of the molecule is O=C(O)CSc1nccn1-c1ccc2c(c1)OC(F)(F)O2. The van der Waals surface area contributed by atoms with E-state index in [1.54, 1.807) is 16.8 Å². The molecule has 1 aliphatic rings. The van der Waals surface area contributed by atoms with Crippen LogP contribution < -0.4 is 9.47 Å². The van der Waals surface area contributed by atoms with Crippen molar-refractivity contribution in [1.82, 2.24) is 9.55 Å². The molecule has 0 saturated heterocycles. The number of benzene rings is 1. The second-order valence-electron chi connectivity index (χ2n) is 4.06. The predicted octanol–water partition coefficient (Wildman–Crippen LogP) is 2.37. The molecule has 0 amide bonds. The van der Waals surface area contributed by atoms with Crippen molar-refractivity contribution in [2.45, 2.75) is 11.5 Å². The number of alkyl halides is 2. The van der Waals surface area contributed by atoms with Gasteiger partial charge in [0.2, 0.25) is 0 Å². The molecule has 0 fully saturated rings. The van der Waals surface area contributed by atoms with E-state index in [0.717, 1.165) is 11.8 Å². The minimum atomic E-state index is -3.67. The second-order valence-corrected chi connectivity index (χ2v) is 5.00. The Morgan fingerprint density at radius 1 is 1.38 bits per heavy atom. The number of nitrogens with zero attached hydrogens (tertiary/aromatic N) is 2. The maximum Gasteiger partial charge on any atom is 0.586 e. The normalized spacial score (nSPS) is 15.1. The van der Waals surface area contributed by atoms with Crippen LogP contribution in [0.3, 0.4) is 0 Å². The van der Waals surface area contributed by atoms with Gasteiger partial charge in [0.1, 0.15) is 0 Å². The minimum absolute atomic E-state index is 0.0522. The Morgan fingerprint density at radius 3 is 2.90 bits per heavy atom. The lowest BCUT2D eigenvalue weighted by atomic mass is 10.3. The van der Waals surface area contributed by atoms with Crippen LogP contribution in [0.2, 0.25) is 0 Å². The fourth-order valence-electron chi connectivity index (χ4n) is 1.81. The molecule has 9 heteroatoms. The molecule has 2 heterocycles. The smallest absolute Gasteiger partial charge is 0.481 e. The van der Waals surface area contributed by atoms with E-state index >= 15 is 0 Å². The van der Waals surface area contributed by atoms with Crippen LogP contribution in [0, 0.1) is 0 Å². The monoisotopic (exact) mass is 314 g/mol. The van der Waals surface area contributed by atoms with Gasteiger partial charge in [-0.05, 0) is 12.1 Å². The van der Waals surface area contributed by atoms with Gasteiger partial charge in [-0.3, -0.25) is 9.36 Å². The van der Waals surface area contributed by atoms with E-state index in [1.807, 2.05) is 0 Å². The molecule has 0 aliphatic carbocycles. The Morgan fingerprint density at radius 2 is 2.14 bits per heavy atom. The number of rotatable bonds is 4. The van der Waals surface area contributed by atoms with Crippen LogP contribution in [0.25, 0.3) is 5.69 Å². The van der Waals surface area contributed by atoms with Crippen molar-refractivity contribution in [3.63, 3.8) is 0 Å². The van der Waals surface area contributed by atoms with Crippen molar-refractivity contribution in [3.05, 3.63) is 30.6 Å². The van der Waals surface area contributed by atoms with Gasteiger partial charge in [0, 0.05) is 18.5 Å². The van der Waals surface area contributed by atoms with Gasteiger partial charge in [0.15, 0.2) is 16.7 Å². The van der Waals surface area contributed by atoms with Crippen LogP contribution >= 0.6 is 11.8 Å². The van der Waals surface area contributed by atoms with Crippen molar-refractivity contribution < 1.29 is 28.2 Å². The summed E-state index contributed by atoms with van der Waals surface area (Å²) in [6.45, 7) is 0. The number of imidazole rings is 1. The number of carboxylic acids is 1. The molecule has 110 valence electrons. The number of thioether (sulfide) groups is 1. The largest absolute Gasteiger partial charge is 0.586 e. The third-order valence-corrected chi connectivity index (χ3v) is 3.55. The Bertz CT molecular complexity index is 704. The summed E-state index contributed by atoms with van der Waals surface area (Å²) < 4.78 is 36.2. The van der Waals surface area contributed by atoms with E-state index in [-0.39, 0.29) is 17.3 Å². The lowest BCUT2D eigenvalue weighted by molar-refractivity contribution is -0.286. The lowest BCUT2D eigenvalue weighted by Gasteiger charge is -2.07. The first kappa shape index (κ1) is 13.7. The maximum atomic E-state index is 13.0. The van der Waals surface area contributed by atoms with Crippen molar-refractivity contribution in [1.29, 1.82) is 0 Å². The molecule has 0 spiro atoms. The summed E-state index contributed by atoms with van der Waals surface area (Å²) in [5, 5.41) is 9.11. The molecule has 1 N–H and O–H groups in total. The van der Waals surface area contributed by atoms with E-state index in [0.29, 0.717) is 10.8 Å². The third-order valence-electron chi connectivity index (χ3n) is 2.59. The van der Waals surface area contributed by atoms with Gasteiger partial charge in [-0.2, -0.15) is 0 Å². The van der Waals surface area contributed by atoms with Gasteiger partial charge in [0.25, 0.3) is 0 Å². The van der Waals surface area contributed by atoms with Crippen LogP contribution in [-0.4, -0.2) is 32.7 Å². The number of carboxylic acid groups (broad SMARTS) is 1. The van der Waals surface area contributed by atoms with Crippen LogP contribution in [-0.2, 0) is 4.79 Å². The summed E-state index contributed by atoms with van der Waals surface area (Å²) in [6, 6.07) is 4.29. The van der Waals surface area contributed by atoms with Crippen LogP contribution in [0.15, 0.2) is 35.7 Å². The van der Waals surface area contributed by atoms with Crippen molar-refractivity contribution in [3.8, 4) is 17.2 Å². The van der Waals surface area contributed by atoms with Gasteiger partial charge >= 0.3 is 12.3 Å². The van der Waals surface area contributed by atoms with Crippen LogP contribution in [0.4, 0.5) is 8.78 Å². The topological polar surface area (TPSA) is 73.6 Å². The number of ether oxygens (including phenoxy) is 2.